The second-order valence-electron chi connectivity index (χ2n) is 4.70. The zero-order valence-electron chi connectivity index (χ0n) is 11.1. The summed E-state index contributed by atoms with van der Waals surface area (Å²) in [5, 5.41) is 15.9. The summed E-state index contributed by atoms with van der Waals surface area (Å²) in [6.07, 6.45) is 1.16. The van der Waals surface area contributed by atoms with Gasteiger partial charge in [-0.25, -0.2) is 0 Å². The van der Waals surface area contributed by atoms with E-state index in [9.17, 15) is 9.90 Å². The molecule has 0 spiro atoms. The van der Waals surface area contributed by atoms with Gasteiger partial charge in [0, 0.05) is 19.4 Å². The number of nitrogens with one attached hydrogen (secondary N) is 1. The van der Waals surface area contributed by atoms with Crippen molar-refractivity contribution in [3.63, 3.8) is 0 Å². The fourth-order valence-electron chi connectivity index (χ4n) is 1.38. The van der Waals surface area contributed by atoms with E-state index in [-0.39, 0.29) is 11.8 Å². The molecule has 1 rings (SSSR count). The van der Waals surface area contributed by atoms with Crippen LogP contribution in [0.4, 0.5) is 0 Å². The quantitative estimate of drug-likeness (QED) is 0.753. The van der Waals surface area contributed by atoms with Gasteiger partial charge in [-0.05, 0) is 19.3 Å². The molecule has 0 saturated carbocycles. The highest BCUT2D eigenvalue weighted by atomic mass is 16.5. The topological polar surface area (TPSA) is 88.2 Å². The number of hydrogen-bond acceptors (Lipinski definition) is 5. The van der Waals surface area contributed by atoms with E-state index in [4.69, 9.17) is 4.52 Å². The van der Waals surface area contributed by atoms with Crippen LogP contribution in [0.25, 0.3) is 0 Å². The SMILES string of the molecule is Cc1noc(CCCC(=O)NCC(O)C(C)C)n1. The van der Waals surface area contributed by atoms with Gasteiger partial charge in [-0.2, -0.15) is 4.98 Å². The van der Waals surface area contributed by atoms with E-state index in [1.165, 1.54) is 0 Å². The summed E-state index contributed by atoms with van der Waals surface area (Å²) in [6.45, 7) is 5.88. The van der Waals surface area contributed by atoms with E-state index < -0.39 is 6.10 Å². The predicted octanol–water partition coefficient (Wildman–Crippen LogP) is 0.834. The van der Waals surface area contributed by atoms with Gasteiger partial charge in [0.25, 0.3) is 0 Å². The fraction of sp³-hybridized carbons (Fsp3) is 0.750. The zero-order chi connectivity index (χ0) is 13.5. The van der Waals surface area contributed by atoms with E-state index in [0.29, 0.717) is 37.5 Å². The van der Waals surface area contributed by atoms with Crippen LogP contribution < -0.4 is 5.32 Å². The van der Waals surface area contributed by atoms with Gasteiger partial charge in [0.1, 0.15) is 0 Å². The highest BCUT2D eigenvalue weighted by Gasteiger charge is 2.11. The molecule has 0 fully saturated rings. The lowest BCUT2D eigenvalue weighted by Gasteiger charge is -2.14. The molecule has 0 aliphatic heterocycles. The molecule has 1 unspecified atom stereocenters. The highest BCUT2D eigenvalue weighted by molar-refractivity contribution is 5.75. The largest absolute Gasteiger partial charge is 0.391 e. The Morgan fingerprint density at radius 2 is 2.22 bits per heavy atom. The number of aliphatic hydroxyl groups excluding tert-OH is 1. The lowest BCUT2D eigenvalue weighted by molar-refractivity contribution is -0.121. The molecule has 18 heavy (non-hydrogen) atoms. The second-order valence-corrected chi connectivity index (χ2v) is 4.70. The van der Waals surface area contributed by atoms with Crippen molar-refractivity contribution in [2.75, 3.05) is 6.54 Å². The number of carbonyl (C=O) groups is 1. The summed E-state index contributed by atoms with van der Waals surface area (Å²) in [5.41, 5.74) is 0. The fourth-order valence-corrected chi connectivity index (χ4v) is 1.38. The first-order chi connectivity index (χ1) is 8.49. The van der Waals surface area contributed by atoms with Crippen molar-refractivity contribution in [3.8, 4) is 0 Å². The van der Waals surface area contributed by atoms with Gasteiger partial charge in [-0.3, -0.25) is 4.79 Å². The Morgan fingerprint density at radius 1 is 1.50 bits per heavy atom. The van der Waals surface area contributed by atoms with Crippen molar-refractivity contribution in [2.24, 2.45) is 5.92 Å². The Bertz CT molecular complexity index is 376. The number of rotatable bonds is 7. The van der Waals surface area contributed by atoms with Crippen LogP contribution in [0.5, 0.6) is 0 Å². The number of aliphatic hydroxyl groups is 1. The van der Waals surface area contributed by atoms with Gasteiger partial charge in [0.05, 0.1) is 6.10 Å². The molecule has 0 aliphatic carbocycles. The smallest absolute Gasteiger partial charge is 0.226 e. The van der Waals surface area contributed by atoms with Crippen molar-refractivity contribution in [2.45, 2.75) is 46.1 Å². The second kappa shape index (κ2) is 7.10. The number of aryl methyl sites for hydroxylation is 2. The molecule has 1 heterocycles. The van der Waals surface area contributed by atoms with Gasteiger partial charge in [-0.15, -0.1) is 0 Å². The molecule has 6 heteroatoms. The minimum absolute atomic E-state index is 0.0639. The van der Waals surface area contributed by atoms with E-state index >= 15 is 0 Å². The lowest BCUT2D eigenvalue weighted by Crippen LogP contribution is -2.34. The number of hydrogen-bond donors (Lipinski definition) is 2. The van der Waals surface area contributed by atoms with Gasteiger partial charge in [0.15, 0.2) is 5.82 Å². The number of aromatic nitrogens is 2. The lowest BCUT2D eigenvalue weighted by atomic mass is 10.1. The van der Waals surface area contributed by atoms with Gasteiger partial charge in [0.2, 0.25) is 11.8 Å². The molecule has 6 nitrogen and oxygen atoms in total. The minimum atomic E-state index is -0.493. The Morgan fingerprint density at radius 3 is 2.78 bits per heavy atom. The van der Waals surface area contributed by atoms with Crippen molar-refractivity contribution >= 4 is 5.91 Å². The molecule has 0 radical (unpaired) electrons. The highest BCUT2D eigenvalue weighted by Crippen LogP contribution is 2.03. The third-order valence-corrected chi connectivity index (χ3v) is 2.64. The van der Waals surface area contributed by atoms with Gasteiger partial charge < -0.3 is 14.9 Å². The van der Waals surface area contributed by atoms with Crippen LogP contribution in [0.1, 0.15) is 38.4 Å². The standard InChI is InChI=1S/C12H21N3O3/c1-8(2)10(16)7-13-11(17)5-4-6-12-14-9(3)15-18-12/h8,10,16H,4-7H2,1-3H3,(H,13,17). The van der Waals surface area contributed by atoms with E-state index in [1.54, 1.807) is 6.92 Å². The van der Waals surface area contributed by atoms with Crippen molar-refractivity contribution in [1.29, 1.82) is 0 Å². The Kier molecular flexibility index (Phi) is 5.77. The van der Waals surface area contributed by atoms with Crippen LogP contribution in [0.3, 0.4) is 0 Å². The van der Waals surface area contributed by atoms with Crippen LogP contribution >= 0.6 is 0 Å². The first kappa shape index (κ1) is 14.6. The normalized spacial score (nSPS) is 12.7. The van der Waals surface area contributed by atoms with Crippen LogP contribution in [0.15, 0.2) is 4.52 Å². The molecule has 102 valence electrons. The molecular formula is C12H21N3O3. The van der Waals surface area contributed by atoms with Crippen molar-refractivity contribution in [3.05, 3.63) is 11.7 Å². The Hall–Kier alpha value is -1.43. The van der Waals surface area contributed by atoms with Crippen molar-refractivity contribution in [1.82, 2.24) is 15.5 Å². The van der Waals surface area contributed by atoms with Gasteiger partial charge in [-0.1, -0.05) is 19.0 Å². The van der Waals surface area contributed by atoms with E-state index in [0.717, 1.165) is 0 Å². The summed E-state index contributed by atoms with van der Waals surface area (Å²) in [7, 11) is 0. The van der Waals surface area contributed by atoms with E-state index in [2.05, 4.69) is 15.5 Å². The molecule has 0 aromatic carbocycles. The third-order valence-electron chi connectivity index (χ3n) is 2.64. The molecule has 1 aromatic rings. The molecular weight excluding hydrogens is 234 g/mol. The maximum atomic E-state index is 11.5. The Labute approximate surface area is 107 Å². The summed E-state index contributed by atoms with van der Waals surface area (Å²) in [6, 6.07) is 0. The van der Waals surface area contributed by atoms with Gasteiger partial charge >= 0.3 is 0 Å². The molecule has 1 aromatic heterocycles. The summed E-state index contributed by atoms with van der Waals surface area (Å²) in [5.74, 6) is 1.25. The molecule has 1 atom stereocenters. The van der Waals surface area contributed by atoms with Crippen LogP contribution in [-0.2, 0) is 11.2 Å². The first-order valence-corrected chi connectivity index (χ1v) is 6.23. The molecule has 0 saturated heterocycles. The van der Waals surface area contributed by atoms with E-state index in [1.807, 2.05) is 13.8 Å². The molecule has 0 aliphatic rings. The summed E-state index contributed by atoms with van der Waals surface area (Å²) in [4.78, 5) is 15.5. The molecule has 0 bridgehead atoms. The predicted molar refractivity (Wildman–Crippen MR) is 65.8 cm³/mol. The number of amides is 1. The Balaban J connectivity index is 2.14. The zero-order valence-corrected chi connectivity index (χ0v) is 11.1. The number of carbonyl (C=O) groups excluding carboxylic acids is 1. The summed E-state index contributed by atoms with van der Waals surface area (Å²) < 4.78 is 4.94. The average molecular weight is 255 g/mol. The molecule has 2 N–H and O–H groups in total. The maximum Gasteiger partial charge on any atom is 0.226 e. The van der Waals surface area contributed by atoms with Crippen LogP contribution in [-0.4, -0.2) is 33.8 Å². The summed E-state index contributed by atoms with van der Waals surface area (Å²) >= 11 is 0. The van der Waals surface area contributed by atoms with Crippen molar-refractivity contribution < 1.29 is 14.4 Å². The van der Waals surface area contributed by atoms with Crippen LogP contribution in [0, 0.1) is 12.8 Å². The minimum Gasteiger partial charge on any atom is -0.391 e. The third kappa shape index (κ3) is 5.27. The number of nitrogens with zero attached hydrogens (tertiary/aromatic N) is 2. The maximum absolute atomic E-state index is 11.5. The monoisotopic (exact) mass is 255 g/mol. The van der Waals surface area contributed by atoms with Crippen LogP contribution in [0.2, 0.25) is 0 Å². The molecule has 1 amide bonds. The average Bonchev–Trinajstić information content (AvgIpc) is 2.71. The first-order valence-electron chi connectivity index (χ1n) is 6.23.